The van der Waals surface area contributed by atoms with Crippen LogP contribution >= 0.6 is 11.6 Å². The molecule has 4 rings (SSSR count). The second kappa shape index (κ2) is 8.37. The largest absolute Gasteiger partial charge is 0.346 e. The van der Waals surface area contributed by atoms with Gasteiger partial charge in [0, 0.05) is 31.0 Å². The van der Waals surface area contributed by atoms with Crippen molar-refractivity contribution < 1.29 is 13.2 Å². The maximum atomic E-state index is 12.8. The minimum atomic E-state index is -3.53. The average molecular weight is 447 g/mol. The molecule has 2 aromatic heterocycles. The number of rotatable bonds is 5. The molecule has 1 unspecified atom stereocenters. The predicted octanol–water partition coefficient (Wildman–Crippen LogP) is 3.34. The van der Waals surface area contributed by atoms with E-state index in [0.29, 0.717) is 35.3 Å². The lowest BCUT2D eigenvalue weighted by Crippen LogP contribution is -2.39. The molecule has 1 saturated heterocycles. The van der Waals surface area contributed by atoms with Crippen molar-refractivity contribution in [1.82, 2.24) is 19.0 Å². The van der Waals surface area contributed by atoms with Crippen LogP contribution in [0.5, 0.6) is 0 Å². The van der Waals surface area contributed by atoms with Crippen LogP contribution in [-0.4, -0.2) is 41.1 Å². The summed E-state index contributed by atoms with van der Waals surface area (Å²) < 4.78 is 29.0. The Morgan fingerprint density at radius 2 is 1.97 bits per heavy atom. The fourth-order valence-electron chi connectivity index (χ4n) is 3.67. The third kappa shape index (κ3) is 4.35. The Hall–Kier alpha value is -2.42. The monoisotopic (exact) mass is 446 g/mol. The van der Waals surface area contributed by atoms with Crippen molar-refractivity contribution in [3.8, 4) is 0 Å². The molecule has 0 radical (unpaired) electrons. The van der Waals surface area contributed by atoms with Crippen LogP contribution in [0.25, 0.3) is 5.65 Å². The average Bonchev–Trinajstić information content (AvgIpc) is 3.14. The van der Waals surface area contributed by atoms with Crippen LogP contribution in [0.4, 0.5) is 0 Å². The molecule has 1 aliphatic heterocycles. The van der Waals surface area contributed by atoms with Gasteiger partial charge in [0.2, 0.25) is 10.0 Å². The number of benzene rings is 1. The molecule has 1 aliphatic rings. The zero-order chi connectivity index (χ0) is 21.3. The van der Waals surface area contributed by atoms with Crippen LogP contribution in [0, 0.1) is 5.92 Å². The first-order valence-electron chi connectivity index (χ1n) is 9.84. The summed E-state index contributed by atoms with van der Waals surface area (Å²) in [7, 11) is -3.53. The Morgan fingerprint density at radius 3 is 2.70 bits per heavy atom. The third-order valence-corrected chi connectivity index (χ3v) is 7.37. The highest BCUT2D eigenvalue weighted by Gasteiger charge is 2.28. The number of aromatic nitrogens is 2. The van der Waals surface area contributed by atoms with Crippen molar-refractivity contribution in [3.05, 3.63) is 65.1 Å². The van der Waals surface area contributed by atoms with E-state index in [1.807, 2.05) is 0 Å². The number of halogens is 1. The lowest BCUT2D eigenvalue weighted by atomic mass is 10.0. The SMILES string of the molecule is CC1CCCN(S(=O)(=O)c2ccc(C(=O)NCc3cn4cc(Cl)ccc4n3)cc2)C1. The van der Waals surface area contributed by atoms with E-state index in [1.165, 1.54) is 16.4 Å². The molecule has 3 aromatic rings. The van der Waals surface area contributed by atoms with Gasteiger partial charge in [-0.25, -0.2) is 13.4 Å². The number of nitrogens with one attached hydrogen (secondary N) is 1. The molecule has 1 N–H and O–H groups in total. The standard InChI is InChI=1S/C21H23ClN4O3S/c1-15-3-2-10-26(12-15)30(28,29)19-7-4-16(5-8-19)21(27)23-11-18-14-25-13-17(22)6-9-20(25)24-18/h4-9,13-15H,2-3,10-12H2,1H3,(H,23,27). The van der Waals surface area contributed by atoms with E-state index in [9.17, 15) is 13.2 Å². The van der Waals surface area contributed by atoms with Gasteiger partial charge in [-0.2, -0.15) is 4.31 Å². The van der Waals surface area contributed by atoms with Gasteiger partial charge in [0.05, 0.1) is 22.2 Å². The van der Waals surface area contributed by atoms with Gasteiger partial charge in [-0.1, -0.05) is 18.5 Å². The van der Waals surface area contributed by atoms with Crippen LogP contribution in [0.3, 0.4) is 0 Å². The minimum absolute atomic E-state index is 0.213. The zero-order valence-electron chi connectivity index (χ0n) is 16.6. The number of hydrogen-bond donors (Lipinski definition) is 1. The van der Waals surface area contributed by atoms with Crippen LogP contribution in [0.1, 0.15) is 35.8 Å². The molecule has 0 saturated carbocycles. The fraction of sp³-hybridized carbons (Fsp3) is 0.333. The van der Waals surface area contributed by atoms with Crippen LogP contribution < -0.4 is 5.32 Å². The Bertz CT molecular complexity index is 1170. The van der Waals surface area contributed by atoms with Crippen molar-refractivity contribution in [3.63, 3.8) is 0 Å². The van der Waals surface area contributed by atoms with Gasteiger partial charge in [-0.15, -0.1) is 0 Å². The quantitative estimate of drug-likeness (QED) is 0.651. The Labute approximate surface area is 180 Å². The van der Waals surface area contributed by atoms with Gasteiger partial charge in [-0.3, -0.25) is 4.79 Å². The van der Waals surface area contributed by atoms with Crippen LogP contribution in [0.15, 0.2) is 53.7 Å². The number of carbonyl (C=O) groups excluding carboxylic acids is 1. The van der Waals surface area contributed by atoms with E-state index in [0.717, 1.165) is 18.5 Å². The van der Waals surface area contributed by atoms with E-state index in [2.05, 4.69) is 17.2 Å². The van der Waals surface area contributed by atoms with Gasteiger partial charge >= 0.3 is 0 Å². The maximum Gasteiger partial charge on any atom is 0.251 e. The number of fused-ring (bicyclic) bond motifs is 1. The van der Waals surface area contributed by atoms with Crippen molar-refractivity contribution in [2.24, 2.45) is 5.92 Å². The Kier molecular flexibility index (Phi) is 5.81. The Morgan fingerprint density at radius 1 is 1.20 bits per heavy atom. The zero-order valence-corrected chi connectivity index (χ0v) is 18.2. The van der Waals surface area contributed by atoms with E-state index in [4.69, 9.17) is 11.6 Å². The van der Waals surface area contributed by atoms with E-state index in [1.54, 1.807) is 41.1 Å². The van der Waals surface area contributed by atoms with Gasteiger partial charge in [0.15, 0.2) is 0 Å². The summed E-state index contributed by atoms with van der Waals surface area (Å²) in [4.78, 5) is 17.1. The lowest BCUT2D eigenvalue weighted by molar-refractivity contribution is 0.0950. The summed E-state index contributed by atoms with van der Waals surface area (Å²) in [6.07, 6.45) is 5.47. The normalized spacial score (nSPS) is 17.9. The van der Waals surface area contributed by atoms with Gasteiger partial charge in [0.1, 0.15) is 5.65 Å². The number of amides is 1. The molecular weight excluding hydrogens is 424 g/mol. The van der Waals surface area contributed by atoms with E-state index >= 15 is 0 Å². The molecule has 0 aliphatic carbocycles. The molecule has 7 nitrogen and oxygen atoms in total. The van der Waals surface area contributed by atoms with Crippen molar-refractivity contribution in [1.29, 1.82) is 0 Å². The van der Waals surface area contributed by atoms with Crippen LogP contribution in [0.2, 0.25) is 5.02 Å². The first kappa shape index (κ1) is 20.8. The molecule has 158 valence electrons. The summed E-state index contributed by atoms with van der Waals surface area (Å²) >= 11 is 5.97. The molecule has 1 atom stereocenters. The first-order chi connectivity index (χ1) is 14.3. The lowest BCUT2D eigenvalue weighted by Gasteiger charge is -2.30. The fourth-order valence-corrected chi connectivity index (χ4v) is 5.43. The van der Waals surface area contributed by atoms with Gasteiger partial charge < -0.3 is 9.72 Å². The van der Waals surface area contributed by atoms with Gasteiger partial charge in [0.25, 0.3) is 5.91 Å². The second-order valence-corrected chi connectivity index (χ2v) is 10.0. The number of nitrogens with zero attached hydrogens (tertiary/aromatic N) is 3. The Balaban J connectivity index is 1.42. The van der Waals surface area contributed by atoms with Crippen molar-refractivity contribution in [2.75, 3.05) is 13.1 Å². The van der Waals surface area contributed by atoms with Crippen molar-refractivity contribution >= 4 is 33.2 Å². The molecule has 1 aromatic carbocycles. The highest BCUT2D eigenvalue weighted by Crippen LogP contribution is 2.23. The third-order valence-electron chi connectivity index (χ3n) is 5.27. The number of sulfonamides is 1. The molecular formula is C21H23ClN4O3S. The summed E-state index contributed by atoms with van der Waals surface area (Å²) in [5, 5.41) is 3.41. The maximum absolute atomic E-state index is 12.8. The summed E-state index contributed by atoms with van der Waals surface area (Å²) in [5.41, 5.74) is 1.84. The highest BCUT2D eigenvalue weighted by atomic mass is 35.5. The molecule has 0 bridgehead atoms. The molecule has 3 heterocycles. The number of carbonyl (C=O) groups is 1. The molecule has 30 heavy (non-hydrogen) atoms. The summed E-state index contributed by atoms with van der Waals surface area (Å²) in [5.74, 6) is 0.0647. The van der Waals surface area contributed by atoms with Crippen LogP contribution in [-0.2, 0) is 16.6 Å². The van der Waals surface area contributed by atoms with Gasteiger partial charge in [-0.05, 0) is 55.2 Å². The smallest absolute Gasteiger partial charge is 0.251 e. The second-order valence-electron chi connectivity index (χ2n) is 7.66. The molecule has 1 fully saturated rings. The highest BCUT2D eigenvalue weighted by molar-refractivity contribution is 7.89. The molecule has 1 amide bonds. The predicted molar refractivity (Wildman–Crippen MR) is 115 cm³/mol. The van der Waals surface area contributed by atoms with E-state index < -0.39 is 10.0 Å². The first-order valence-corrected chi connectivity index (χ1v) is 11.7. The number of pyridine rings is 1. The minimum Gasteiger partial charge on any atom is -0.346 e. The summed E-state index contributed by atoms with van der Waals surface area (Å²) in [6.45, 7) is 3.39. The molecule has 9 heteroatoms. The number of hydrogen-bond acceptors (Lipinski definition) is 4. The van der Waals surface area contributed by atoms with Crippen molar-refractivity contribution in [2.45, 2.75) is 31.2 Å². The molecule has 0 spiro atoms. The van der Waals surface area contributed by atoms with E-state index in [-0.39, 0.29) is 17.3 Å². The number of imidazole rings is 1. The topological polar surface area (TPSA) is 83.8 Å². The number of piperidine rings is 1. The summed E-state index contributed by atoms with van der Waals surface area (Å²) in [6, 6.07) is 9.63.